The van der Waals surface area contributed by atoms with Crippen molar-refractivity contribution in [3.63, 3.8) is 0 Å². The number of nitrogens with two attached hydrogens (primary N) is 1. The van der Waals surface area contributed by atoms with Crippen molar-refractivity contribution in [3.8, 4) is 0 Å². The molecule has 6 heteroatoms. The molecule has 3 nitrogen and oxygen atoms in total. The highest BCUT2D eigenvalue weighted by molar-refractivity contribution is 5.81. The highest BCUT2D eigenvalue weighted by Crippen LogP contribution is 2.31. The van der Waals surface area contributed by atoms with Crippen molar-refractivity contribution in [1.82, 2.24) is 4.90 Å². The van der Waals surface area contributed by atoms with Crippen molar-refractivity contribution in [2.24, 2.45) is 5.73 Å². The first-order valence-electron chi connectivity index (χ1n) is 6.01. The molecular weight excluding hydrogens is 257 g/mol. The Morgan fingerprint density at radius 3 is 2.32 bits per heavy atom. The van der Waals surface area contributed by atoms with Gasteiger partial charge in [-0.05, 0) is 30.8 Å². The van der Waals surface area contributed by atoms with Gasteiger partial charge in [-0.2, -0.15) is 13.2 Å². The monoisotopic (exact) mass is 274 g/mol. The van der Waals surface area contributed by atoms with Crippen molar-refractivity contribution >= 4 is 5.91 Å². The average molecular weight is 274 g/mol. The van der Waals surface area contributed by atoms with Crippen LogP contribution in [0.15, 0.2) is 24.3 Å². The first-order chi connectivity index (χ1) is 8.81. The molecular formula is C13H17F3N2O. The molecule has 0 saturated carbocycles. The number of hydrogen-bond donors (Lipinski definition) is 1. The second-order valence-corrected chi connectivity index (χ2v) is 4.15. The molecule has 1 unspecified atom stereocenters. The molecule has 0 fully saturated rings. The van der Waals surface area contributed by atoms with Crippen LogP contribution in [0.1, 0.15) is 31.0 Å². The van der Waals surface area contributed by atoms with Crippen molar-refractivity contribution in [3.05, 3.63) is 35.4 Å². The summed E-state index contributed by atoms with van der Waals surface area (Å²) >= 11 is 0. The van der Waals surface area contributed by atoms with E-state index in [2.05, 4.69) is 0 Å². The summed E-state index contributed by atoms with van der Waals surface area (Å²) in [6.45, 7) is 4.71. The maximum Gasteiger partial charge on any atom is 0.416 e. The minimum atomic E-state index is -4.43. The van der Waals surface area contributed by atoms with Gasteiger partial charge >= 0.3 is 6.18 Å². The Labute approximate surface area is 110 Å². The fourth-order valence-electron chi connectivity index (χ4n) is 2.03. The number of benzene rings is 1. The molecule has 106 valence electrons. The third kappa shape index (κ3) is 3.70. The van der Waals surface area contributed by atoms with Crippen molar-refractivity contribution in [2.45, 2.75) is 26.1 Å². The van der Waals surface area contributed by atoms with E-state index in [1.54, 1.807) is 4.90 Å². The van der Waals surface area contributed by atoms with Crippen LogP contribution < -0.4 is 5.73 Å². The lowest BCUT2D eigenvalue weighted by atomic mass is 10.0. The van der Waals surface area contributed by atoms with Gasteiger partial charge in [-0.25, -0.2) is 0 Å². The number of primary amides is 1. The highest BCUT2D eigenvalue weighted by Gasteiger charge is 2.32. The van der Waals surface area contributed by atoms with Gasteiger partial charge in [0.2, 0.25) is 5.91 Å². The maximum absolute atomic E-state index is 12.7. The smallest absolute Gasteiger partial charge is 0.368 e. The number of carbonyl (C=O) groups excluding carboxylic acids is 1. The first kappa shape index (κ1) is 15.5. The van der Waals surface area contributed by atoms with Crippen molar-refractivity contribution in [2.75, 3.05) is 13.1 Å². The van der Waals surface area contributed by atoms with Gasteiger partial charge in [-0.15, -0.1) is 0 Å². The Morgan fingerprint density at radius 1 is 1.32 bits per heavy atom. The van der Waals surface area contributed by atoms with E-state index >= 15 is 0 Å². The number of rotatable bonds is 5. The van der Waals surface area contributed by atoms with Gasteiger partial charge in [0.1, 0.15) is 6.04 Å². The fourth-order valence-corrected chi connectivity index (χ4v) is 2.03. The zero-order valence-electron chi connectivity index (χ0n) is 10.9. The molecule has 0 radical (unpaired) electrons. The fraction of sp³-hybridized carbons (Fsp3) is 0.462. The van der Waals surface area contributed by atoms with Gasteiger partial charge in [0.25, 0.3) is 0 Å². The van der Waals surface area contributed by atoms with Gasteiger partial charge in [-0.1, -0.05) is 26.0 Å². The van der Waals surface area contributed by atoms with Crippen molar-refractivity contribution < 1.29 is 18.0 Å². The molecule has 0 aromatic heterocycles. The molecule has 0 saturated heterocycles. The molecule has 1 rings (SSSR count). The summed E-state index contributed by atoms with van der Waals surface area (Å²) < 4.78 is 38.0. The molecule has 0 aliphatic rings. The van der Waals surface area contributed by atoms with Crippen LogP contribution in [0, 0.1) is 0 Å². The molecule has 1 aromatic rings. The van der Waals surface area contributed by atoms with Gasteiger partial charge in [0.15, 0.2) is 0 Å². The van der Waals surface area contributed by atoms with E-state index in [1.807, 2.05) is 13.8 Å². The number of carbonyl (C=O) groups is 1. The van der Waals surface area contributed by atoms with Gasteiger partial charge < -0.3 is 5.73 Å². The molecule has 1 atom stereocenters. The third-order valence-corrected chi connectivity index (χ3v) is 2.98. The van der Waals surface area contributed by atoms with Crippen LogP contribution in [-0.2, 0) is 11.0 Å². The Morgan fingerprint density at radius 2 is 1.89 bits per heavy atom. The summed E-state index contributed by atoms with van der Waals surface area (Å²) in [7, 11) is 0. The van der Waals surface area contributed by atoms with E-state index < -0.39 is 23.7 Å². The second-order valence-electron chi connectivity index (χ2n) is 4.15. The van der Waals surface area contributed by atoms with Gasteiger partial charge in [0, 0.05) is 0 Å². The lowest BCUT2D eigenvalue weighted by Crippen LogP contribution is -2.37. The largest absolute Gasteiger partial charge is 0.416 e. The molecule has 0 bridgehead atoms. The Hall–Kier alpha value is -1.56. The quantitative estimate of drug-likeness (QED) is 0.897. The van der Waals surface area contributed by atoms with Crippen LogP contribution in [0.3, 0.4) is 0 Å². The zero-order chi connectivity index (χ0) is 14.6. The minimum absolute atomic E-state index is 0.269. The van der Waals surface area contributed by atoms with Crippen LogP contribution in [0.4, 0.5) is 13.2 Å². The third-order valence-electron chi connectivity index (χ3n) is 2.98. The standard InChI is InChI=1S/C13H17F3N2O/c1-3-18(4-2)11(12(17)19)9-6-5-7-10(8-9)13(14,15)16/h5-8,11H,3-4H2,1-2H3,(H2,17,19). The second kappa shape index (κ2) is 6.06. The van der Waals surface area contributed by atoms with E-state index in [-0.39, 0.29) is 5.56 Å². The van der Waals surface area contributed by atoms with Gasteiger partial charge in [0.05, 0.1) is 5.56 Å². The number of nitrogens with zero attached hydrogens (tertiary/aromatic N) is 1. The minimum Gasteiger partial charge on any atom is -0.368 e. The summed E-state index contributed by atoms with van der Waals surface area (Å²) in [4.78, 5) is 13.2. The van der Waals surface area contributed by atoms with E-state index in [9.17, 15) is 18.0 Å². The number of alkyl halides is 3. The first-order valence-corrected chi connectivity index (χ1v) is 6.01. The van der Waals surface area contributed by atoms with Crippen LogP contribution in [0.2, 0.25) is 0 Å². The van der Waals surface area contributed by atoms with E-state index in [0.29, 0.717) is 13.1 Å². The summed E-state index contributed by atoms with van der Waals surface area (Å²) in [5, 5.41) is 0. The molecule has 2 N–H and O–H groups in total. The molecule has 0 aliphatic carbocycles. The van der Waals surface area contributed by atoms with Crippen molar-refractivity contribution in [1.29, 1.82) is 0 Å². The molecule has 0 heterocycles. The van der Waals surface area contributed by atoms with Crippen LogP contribution in [0.5, 0.6) is 0 Å². The molecule has 1 amide bonds. The Balaban J connectivity index is 3.21. The van der Waals surface area contributed by atoms with Crippen LogP contribution in [-0.4, -0.2) is 23.9 Å². The predicted octanol–water partition coefficient (Wildman–Crippen LogP) is 2.57. The summed E-state index contributed by atoms with van der Waals surface area (Å²) in [5.74, 6) is -0.650. The molecule has 0 aliphatic heterocycles. The lowest BCUT2D eigenvalue weighted by molar-refractivity contribution is -0.137. The molecule has 0 spiro atoms. The van der Waals surface area contributed by atoms with E-state index in [0.717, 1.165) is 12.1 Å². The average Bonchev–Trinajstić information content (AvgIpc) is 2.34. The van der Waals surface area contributed by atoms with E-state index in [4.69, 9.17) is 5.73 Å². The maximum atomic E-state index is 12.7. The summed E-state index contributed by atoms with van der Waals surface area (Å²) in [5.41, 5.74) is 4.81. The van der Waals surface area contributed by atoms with Crippen LogP contribution in [0.25, 0.3) is 0 Å². The number of halogens is 3. The lowest BCUT2D eigenvalue weighted by Gasteiger charge is -2.27. The summed E-state index contributed by atoms with van der Waals surface area (Å²) in [6, 6.07) is 3.90. The Kier molecular flexibility index (Phi) is 4.94. The predicted molar refractivity (Wildman–Crippen MR) is 66.3 cm³/mol. The van der Waals surface area contributed by atoms with E-state index in [1.165, 1.54) is 12.1 Å². The zero-order valence-corrected chi connectivity index (χ0v) is 10.9. The number of amides is 1. The molecule has 1 aromatic carbocycles. The number of hydrogen-bond acceptors (Lipinski definition) is 2. The van der Waals surface area contributed by atoms with Gasteiger partial charge in [-0.3, -0.25) is 9.69 Å². The Bertz CT molecular complexity index is 442. The SMILES string of the molecule is CCN(CC)C(C(N)=O)c1cccc(C(F)(F)F)c1. The molecule has 19 heavy (non-hydrogen) atoms. The van der Waals surface area contributed by atoms with Crippen LogP contribution >= 0.6 is 0 Å². The normalized spacial score (nSPS) is 13.6. The summed E-state index contributed by atoms with van der Waals surface area (Å²) in [6.07, 6.45) is -4.43. The highest BCUT2D eigenvalue weighted by atomic mass is 19.4. The number of likely N-dealkylation sites (N-methyl/N-ethyl adjacent to an activating group) is 1. The topological polar surface area (TPSA) is 46.3 Å².